The van der Waals surface area contributed by atoms with Crippen molar-refractivity contribution in [2.24, 2.45) is 16.6 Å². The minimum Gasteiger partial charge on any atom is -0.326 e. The van der Waals surface area contributed by atoms with Crippen molar-refractivity contribution in [2.75, 3.05) is 4.90 Å². The van der Waals surface area contributed by atoms with Crippen molar-refractivity contribution in [2.45, 2.75) is 51.6 Å². The topological polar surface area (TPSA) is 105 Å². The number of carbonyl (C=O) groups is 3. The number of barbiturate groups is 1. The van der Waals surface area contributed by atoms with Gasteiger partial charge >= 0.3 is 6.03 Å². The maximum absolute atomic E-state index is 12.8. The SMILES string of the molecule is Cc1ccc(N2C(=O)NC(=O)[C@H](C=N[C@H]3CCCC[C@@H]3N)C2=O)cc1C. The van der Waals surface area contributed by atoms with Crippen LogP contribution in [-0.4, -0.2) is 36.1 Å². The number of amides is 4. The Morgan fingerprint density at radius 2 is 1.88 bits per heavy atom. The van der Waals surface area contributed by atoms with Crippen molar-refractivity contribution >= 4 is 29.7 Å². The fraction of sp³-hybridized carbons (Fsp3) is 0.474. The molecule has 4 amide bonds. The van der Waals surface area contributed by atoms with Gasteiger partial charge in [0.05, 0.1) is 11.7 Å². The van der Waals surface area contributed by atoms with E-state index in [1.54, 1.807) is 12.1 Å². The lowest BCUT2D eigenvalue weighted by Gasteiger charge is -2.30. The van der Waals surface area contributed by atoms with Gasteiger partial charge in [0.1, 0.15) is 0 Å². The quantitative estimate of drug-likeness (QED) is 0.637. The Labute approximate surface area is 152 Å². The Balaban J connectivity index is 1.84. The molecular formula is C19H24N4O3. The van der Waals surface area contributed by atoms with Gasteiger partial charge in [-0.2, -0.15) is 0 Å². The van der Waals surface area contributed by atoms with Crippen LogP contribution in [0.4, 0.5) is 10.5 Å². The predicted molar refractivity (Wildman–Crippen MR) is 99.2 cm³/mol. The smallest absolute Gasteiger partial charge is 0.326 e. The van der Waals surface area contributed by atoms with E-state index < -0.39 is 23.8 Å². The standard InChI is InChI=1S/C19H24N4O3/c1-11-7-8-13(9-12(11)2)23-18(25)14(17(24)22-19(23)26)10-21-16-6-4-3-5-15(16)20/h7-10,14-16H,3-6,20H2,1-2H3,(H,22,24,26)/t14-,15-,16-/m0/s1. The van der Waals surface area contributed by atoms with Crippen LogP contribution in [0.1, 0.15) is 36.8 Å². The van der Waals surface area contributed by atoms with Gasteiger partial charge in [0.15, 0.2) is 5.92 Å². The minimum atomic E-state index is -1.12. The van der Waals surface area contributed by atoms with Crippen LogP contribution in [0.15, 0.2) is 23.2 Å². The molecule has 0 radical (unpaired) electrons. The van der Waals surface area contributed by atoms with Crippen molar-refractivity contribution in [3.05, 3.63) is 29.3 Å². The average molecular weight is 356 g/mol. The molecule has 2 fully saturated rings. The number of nitrogens with zero attached hydrogens (tertiary/aromatic N) is 2. The molecule has 1 saturated carbocycles. The summed E-state index contributed by atoms with van der Waals surface area (Å²) in [7, 11) is 0. The highest BCUT2D eigenvalue weighted by Crippen LogP contribution is 2.24. The number of nitrogens with two attached hydrogens (primary N) is 1. The summed E-state index contributed by atoms with van der Waals surface area (Å²) in [5, 5.41) is 2.25. The maximum atomic E-state index is 12.8. The summed E-state index contributed by atoms with van der Waals surface area (Å²) < 4.78 is 0. The first-order valence-electron chi connectivity index (χ1n) is 8.93. The van der Waals surface area contributed by atoms with Gasteiger partial charge < -0.3 is 5.73 Å². The van der Waals surface area contributed by atoms with E-state index in [9.17, 15) is 14.4 Å². The number of nitrogens with one attached hydrogen (secondary N) is 1. The normalized spacial score (nSPS) is 27.1. The molecule has 138 valence electrons. The van der Waals surface area contributed by atoms with Crippen LogP contribution < -0.4 is 16.0 Å². The van der Waals surface area contributed by atoms with Crippen molar-refractivity contribution < 1.29 is 14.4 Å². The first-order chi connectivity index (χ1) is 12.4. The molecule has 1 aromatic rings. The molecule has 3 atom stereocenters. The predicted octanol–water partition coefficient (Wildman–Crippen LogP) is 1.84. The third-order valence-corrected chi connectivity index (χ3v) is 5.16. The molecule has 1 heterocycles. The zero-order chi connectivity index (χ0) is 18.8. The van der Waals surface area contributed by atoms with E-state index in [2.05, 4.69) is 10.3 Å². The van der Waals surface area contributed by atoms with Gasteiger partial charge in [-0.3, -0.25) is 19.9 Å². The summed E-state index contributed by atoms with van der Waals surface area (Å²) in [5.74, 6) is -2.35. The van der Waals surface area contributed by atoms with Crippen molar-refractivity contribution in [3.63, 3.8) is 0 Å². The summed E-state index contributed by atoms with van der Waals surface area (Å²) in [5.41, 5.74) is 8.52. The molecule has 3 rings (SSSR count). The van der Waals surface area contributed by atoms with E-state index in [0.29, 0.717) is 5.69 Å². The molecule has 1 saturated heterocycles. The van der Waals surface area contributed by atoms with Gasteiger partial charge in [0.25, 0.3) is 5.91 Å². The lowest BCUT2D eigenvalue weighted by Crippen LogP contribution is -2.58. The molecule has 0 aromatic heterocycles. The largest absolute Gasteiger partial charge is 0.335 e. The third kappa shape index (κ3) is 3.53. The van der Waals surface area contributed by atoms with Gasteiger partial charge in [-0.15, -0.1) is 0 Å². The van der Waals surface area contributed by atoms with Crippen LogP contribution in [-0.2, 0) is 9.59 Å². The van der Waals surface area contributed by atoms with Gasteiger partial charge in [-0.05, 0) is 49.9 Å². The highest BCUT2D eigenvalue weighted by molar-refractivity contribution is 6.32. The number of benzene rings is 1. The molecule has 0 bridgehead atoms. The van der Waals surface area contributed by atoms with Crippen LogP contribution in [0, 0.1) is 19.8 Å². The maximum Gasteiger partial charge on any atom is 0.335 e. The Morgan fingerprint density at radius 1 is 1.15 bits per heavy atom. The molecular weight excluding hydrogens is 332 g/mol. The number of rotatable bonds is 3. The molecule has 3 N–H and O–H groups in total. The molecule has 0 spiro atoms. The number of anilines is 1. The van der Waals surface area contributed by atoms with E-state index in [1.165, 1.54) is 6.21 Å². The first-order valence-corrected chi connectivity index (χ1v) is 8.93. The molecule has 1 aliphatic carbocycles. The van der Waals surface area contributed by atoms with E-state index in [4.69, 9.17) is 5.73 Å². The second-order valence-electron chi connectivity index (χ2n) is 7.03. The number of aryl methyl sites for hydroxylation is 2. The van der Waals surface area contributed by atoms with Crippen molar-refractivity contribution in [3.8, 4) is 0 Å². The zero-order valence-corrected chi connectivity index (χ0v) is 15.1. The Hall–Kier alpha value is -2.54. The van der Waals surface area contributed by atoms with Crippen molar-refractivity contribution in [1.82, 2.24) is 5.32 Å². The van der Waals surface area contributed by atoms with Gasteiger partial charge in [-0.25, -0.2) is 9.69 Å². The highest BCUT2D eigenvalue weighted by Gasteiger charge is 2.40. The summed E-state index contributed by atoms with van der Waals surface area (Å²) in [6.45, 7) is 3.85. The highest BCUT2D eigenvalue weighted by atomic mass is 16.2. The summed E-state index contributed by atoms with van der Waals surface area (Å²) in [6.07, 6.45) is 5.20. The Bertz CT molecular complexity index is 774. The number of aliphatic imine (C=N–C) groups is 1. The van der Waals surface area contributed by atoms with Crippen LogP contribution in [0.5, 0.6) is 0 Å². The lowest BCUT2D eigenvalue weighted by molar-refractivity contribution is -0.131. The van der Waals surface area contributed by atoms with E-state index in [1.807, 2.05) is 19.9 Å². The summed E-state index contributed by atoms with van der Waals surface area (Å²) in [4.78, 5) is 42.6. The Morgan fingerprint density at radius 3 is 2.58 bits per heavy atom. The molecule has 0 unspecified atom stereocenters. The molecule has 2 aliphatic rings. The average Bonchev–Trinajstić information content (AvgIpc) is 2.59. The summed E-state index contributed by atoms with van der Waals surface area (Å²) >= 11 is 0. The second kappa shape index (κ2) is 7.37. The fourth-order valence-corrected chi connectivity index (χ4v) is 3.35. The van der Waals surface area contributed by atoms with Gasteiger partial charge in [-0.1, -0.05) is 18.9 Å². The third-order valence-electron chi connectivity index (χ3n) is 5.16. The molecule has 26 heavy (non-hydrogen) atoms. The van der Waals surface area contributed by atoms with Crippen LogP contribution in [0.3, 0.4) is 0 Å². The first kappa shape index (κ1) is 18.3. The van der Waals surface area contributed by atoms with Gasteiger partial charge in [0.2, 0.25) is 5.91 Å². The second-order valence-corrected chi connectivity index (χ2v) is 7.03. The zero-order valence-electron chi connectivity index (χ0n) is 15.1. The summed E-state index contributed by atoms with van der Waals surface area (Å²) in [6, 6.07) is 4.42. The number of urea groups is 1. The van der Waals surface area contributed by atoms with Crippen LogP contribution in [0.2, 0.25) is 0 Å². The number of carbonyl (C=O) groups excluding carboxylic acids is 3. The number of hydrogen-bond donors (Lipinski definition) is 2. The van der Waals surface area contributed by atoms with E-state index in [0.717, 1.165) is 41.7 Å². The molecule has 1 aliphatic heterocycles. The van der Waals surface area contributed by atoms with E-state index >= 15 is 0 Å². The lowest BCUT2D eigenvalue weighted by atomic mass is 9.91. The van der Waals surface area contributed by atoms with Crippen molar-refractivity contribution in [1.29, 1.82) is 0 Å². The molecule has 7 heteroatoms. The van der Waals surface area contributed by atoms with E-state index in [-0.39, 0.29) is 12.1 Å². The monoisotopic (exact) mass is 356 g/mol. The molecule has 7 nitrogen and oxygen atoms in total. The van der Waals surface area contributed by atoms with Gasteiger partial charge in [0, 0.05) is 12.3 Å². The molecule has 1 aromatic carbocycles. The van der Waals surface area contributed by atoms with Crippen LogP contribution >= 0.6 is 0 Å². The fourth-order valence-electron chi connectivity index (χ4n) is 3.35. The van der Waals surface area contributed by atoms with Crippen LogP contribution in [0.25, 0.3) is 0 Å². The number of imide groups is 2. The number of hydrogen-bond acceptors (Lipinski definition) is 5. The minimum absolute atomic E-state index is 0.0563. The Kier molecular flexibility index (Phi) is 5.18.